The molecule has 4 heteroatoms. The molecule has 1 heterocycles. The predicted molar refractivity (Wildman–Crippen MR) is 102 cm³/mol. The van der Waals surface area contributed by atoms with Gasteiger partial charge in [-0.1, -0.05) is 58.5 Å². The molecular formula is C21H18N2OS. The average molecular weight is 346 g/mol. The van der Waals surface area contributed by atoms with Crippen molar-refractivity contribution >= 4 is 21.6 Å². The molecule has 1 aliphatic rings. The number of aryl methyl sites for hydroxylation is 2. The molecule has 4 rings (SSSR count). The smallest absolute Gasteiger partial charge is 0.206 e. The van der Waals surface area contributed by atoms with Crippen molar-refractivity contribution in [3.05, 3.63) is 89.5 Å². The topological polar surface area (TPSA) is 47.8 Å². The largest absolute Gasteiger partial charge is 0.621 e. The maximum Gasteiger partial charge on any atom is 0.206 e. The summed E-state index contributed by atoms with van der Waals surface area (Å²) in [5.74, 6) is 0.518. The second-order valence-corrected chi connectivity index (χ2v) is 8.35. The van der Waals surface area contributed by atoms with Crippen molar-refractivity contribution in [3.63, 3.8) is 0 Å². The minimum atomic E-state index is -2.76. The summed E-state index contributed by atoms with van der Waals surface area (Å²) in [6.07, 6.45) is 0. The highest BCUT2D eigenvalue weighted by Gasteiger charge is 2.30. The molecule has 1 aliphatic heterocycles. The molecule has 0 saturated carbocycles. The van der Waals surface area contributed by atoms with Crippen LogP contribution in [0.3, 0.4) is 0 Å². The lowest BCUT2D eigenvalue weighted by molar-refractivity contribution is 0.584. The molecule has 25 heavy (non-hydrogen) atoms. The van der Waals surface area contributed by atoms with Crippen molar-refractivity contribution in [2.24, 2.45) is 9.36 Å². The van der Waals surface area contributed by atoms with E-state index in [1.807, 2.05) is 86.6 Å². The summed E-state index contributed by atoms with van der Waals surface area (Å²) in [6, 6.07) is 23.3. The lowest BCUT2D eigenvalue weighted by atomic mass is 10.2. The lowest BCUT2D eigenvalue weighted by Gasteiger charge is -2.26. The zero-order valence-corrected chi connectivity index (χ0v) is 15.0. The Morgan fingerprint density at radius 1 is 0.800 bits per heavy atom. The Balaban J connectivity index is 2.00. The van der Waals surface area contributed by atoms with E-state index in [0.717, 1.165) is 22.4 Å². The van der Waals surface area contributed by atoms with E-state index in [2.05, 4.69) is 9.36 Å². The number of nitrogens with zero attached hydrogens (tertiary/aromatic N) is 2. The Labute approximate surface area is 149 Å². The summed E-state index contributed by atoms with van der Waals surface area (Å²) < 4.78 is 18.6. The summed E-state index contributed by atoms with van der Waals surface area (Å²) in [7, 11) is -2.76. The van der Waals surface area contributed by atoms with Gasteiger partial charge in [-0.2, -0.15) is 0 Å². The van der Waals surface area contributed by atoms with Gasteiger partial charge in [0, 0.05) is 15.7 Å². The Morgan fingerprint density at radius 3 is 2.20 bits per heavy atom. The van der Waals surface area contributed by atoms with Crippen LogP contribution in [0, 0.1) is 13.8 Å². The number of hydrogen-bond donors (Lipinski definition) is 0. The highest BCUT2D eigenvalue weighted by molar-refractivity contribution is 8.00. The molecule has 0 saturated heterocycles. The van der Waals surface area contributed by atoms with Gasteiger partial charge in [0.05, 0.1) is 0 Å². The van der Waals surface area contributed by atoms with Gasteiger partial charge in [0.15, 0.2) is 4.90 Å². The van der Waals surface area contributed by atoms with Crippen molar-refractivity contribution in [3.8, 4) is 0 Å². The van der Waals surface area contributed by atoms with Gasteiger partial charge in [0.25, 0.3) is 0 Å². The molecule has 3 aromatic carbocycles. The first-order chi connectivity index (χ1) is 12.1. The third-order valence-corrected chi connectivity index (χ3v) is 6.51. The number of fused-ring (bicyclic) bond motifs is 1. The molecule has 0 bridgehead atoms. The monoisotopic (exact) mass is 346 g/mol. The van der Waals surface area contributed by atoms with Crippen LogP contribution >= 0.6 is 0 Å². The molecule has 0 amide bonds. The van der Waals surface area contributed by atoms with E-state index in [0.29, 0.717) is 15.6 Å². The van der Waals surface area contributed by atoms with Crippen molar-refractivity contribution in [2.45, 2.75) is 23.6 Å². The summed E-state index contributed by atoms with van der Waals surface area (Å²) in [5.41, 5.74) is 3.82. The van der Waals surface area contributed by atoms with Crippen LogP contribution in [0.4, 0.5) is 5.69 Å². The molecule has 3 aromatic rings. The van der Waals surface area contributed by atoms with E-state index in [4.69, 9.17) is 0 Å². The zero-order chi connectivity index (χ0) is 17.4. The van der Waals surface area contributed by atoms with Gasteiger partial charge in [-0.3, -0.25) is 0 Å². The van der Waals surface area contributed by atoms with Crippen molar-refractivity contribution < 1.29 is 4.55 Å². The molecule has 3 nitrogen and oxygen atoms in total. The normalized spacial score (nSPS) is 18.9. The van der Waals surface area contributed by atoms with Gasteiger partial charge >= 0.3 is 0 Å². The molecule has 1 atom stereocenters. The maximum atomic E-state index is 14.0. The minimum Gasteiger partial charge on any atom is -0.621 e. The third kappa shape index (κ3) is 2.84. The second-order valence-electron chi connectivity index (χ2n) is 6.20. The fraction of sp³-hybridized carbons (Fsp3) is 0.0952. The van der Waals surface area contributed by atoms with Crippen LogP contribution in [-0.2, 0) is 10.1 Å². The molecule has 0 aliphatic carbocycles. The first-order valence-electron chi connectivity index (χ1n) is 8.15. The molecular weight excluding hydrogens is 328 g/mol. The van der Waals surface area contributed by atoms with Crippen LogP contribution in [0.25, 0.3) is 0 Å². The fourth-order valence-electron chi connectivity index (χ4n) is 2.86. The maximum absolute atomic E-state index is 14.0. The third-order valence-electron chi connectivity index (χ3n) is 4.23. The molecule has 124 valence electrons. The number of rotatable bonds is 2. The van der Waals surface area contributed by atoms with E-state index in [1.54, 1.807) is 0 Å². The quantitative estimate of drug-likeness (QED) is 0.582. The van der Waals surface area contributed by atoms with Crippen molar-refractivity contribution in [2.75, 3.05) is 0 Å². The molecule has 1 unspecified atom stereocenters. The molecule has 0 radical (unpaired) electrons. The van der Waals surface area contributed by atoms with E-state index in [-0.39, 0.29) is 0 Å². The highest BCUT2D eigenvalue weighted by Crippen LogP contribution is 2.40. The summed E-state index contributed by atoms with van der Waals surface area (Å²) in [6.45, 7) is 4.03. The number of benzene rings is 3. The van der Waals surface area contributed by atoms with Crippen LogP contribution in [0.15, 0.2) is 91.9 Å². The zero-order valence-electron chi connectivity index (χ0n) is 14.1. The van der Waals surface area contributed by atoms with Crippen molar-refractivity contribution in [1.29, 1.82) is 0 Å². The summed E-state index contributed by atoms with van der Waals surface area (Å²) >= 11 is 0. The van der Waals surface area contributed by atoms with Gasteiger partial charge in [-0.25, -0.2) is 4.99 Å². The van der Waals surface area contributed by atoms with E-state index < -0.39 is 10.1 Å². The van der Waals surface area contributed by atoms with Gasteiger partial charge in [0.1, 0.15) is 10.6 Å². The Kier molecular flexibility index (Phi) is 3.86. The highest BCUT2D eigenvalue weighted by atomic mass is 32.3. The SMILES string of the molecule is Cc1ccc([S+]2([O-])=NC(c3ccccc3)=Nc3cc(C)ccc32)cc1. The average Bonchev–Trinajstić information content (AvgIpc) is 2.62. The molecule has 0 spiro atoms. The Hall–Kier alpha value is -2.56. The lowest BCUT2D eigenvalue weighted by Crippen LogP contribution is -2.18. The van der Waals surface area contributed by atoms with Crippen LogP contribution in [0.1, 0.15) is 16.7 Å². The van der Waals surface area contributed by atoms with Crippen LogP contribution in [0.2, 0.25) is 0 Å². The van der Waals surface area contributed by atoms with E-state index >= 15 is 0 Å². The molecule has 0 N–H and O–H groups in total. The van der Waals surface area contributed by atoms with Crippen LogP contribution in [0.5, 0.6) is 0 Å². The van der Waals surface area contributed by atoms with Gasteiger partial charge < -0.3 is 4.55 Å². The number of amidine groups is 1. The van der Waals surface area contributed by atoms with Gasteiger partial charge in [-0.15, -0.1) is 0 Å². The van der Waals surface area contributed by atoms with Gasteiger partial charge in [0.2, 0.25) is 5.84 Å². The fourth-order valence-corrected chi connectivity index (χ4v) is 4.85. The first-order valence-corrected chi connectivity index (χ1v) is 9.66. The van der Waals surface area contributed by atoms with Crippen molar-refractivity contribution in [1.82, 2.24) is 0 Å². The van der Waals surface area contributed by atoms with Crippen LogP contribution in [-0.4, -0.2) is 10.4 Å². The summed E-state index contributed by atoms with van der Waals surface area (Å²) in [4.78, 5) is 6.08. The molecule has 0 aromatic heterocycles. The Bertz CT molecular complexity index is 1020. The van der Waals surface area contributed by atoms with E-state index in [1.165, 1.54) is 0 Å². The standard InChI is InChI=1S/C21H18N2OS/c1-15-8-11-18(12-9-15)25(24)20-13-10-16(2)14-19(20)22-21(23-25)17-6-4-3-5-7-17/h3-14H,1-2H3. The Morgan fingerprint density at radius 2 is 1.48 bits per heavy atom. The van der Waals surface area contributed by atoms with Gasteiger partial charge in [-0.05, 0) is 43.7 Å². The predicted octanol–water partition coefficient (Wildman–Crippen LogP) is 5.28. The van der Waals surface area contributed by atoms with Crippen LogP contribution < -0.4 is 0 Å². The minimum absolute atomic E-state index is 0.518. The summed E-state index contributed by atoms with van der Waals surface area (Å²) in [5, 5.41) is 0. The first kappa shape index (κ1) is 15.9. The number of hydrogen-bond acceptors (Lipinski definition) is 3. The molecule has 0 fully saturated rings. The second kappa shape index (κ2) is 6.06. The van der Waals surface area contributed by atoms with E-state index in [9.17, 15) is 4.55 Å². The number of aliphatic imine (C=N–C) groups is 1.